The minimum absolute atomic E-state index is 0.0191. The van der Waals surface area contributed by atoms with E-state index in [0.717, 1.165) is 25.3 Å². The number of carbonyl (C=O) groups is 2. The monoisotopic (exact) mass is 628 g/mol. The topological polar surface area (TPSA) is 153 Å². The van der Waals surface area contributed by atoms with E-state index in [0.29, 0.717) is 47.6 Å². The van der Waals surface area contributed by atoms with Crippen LogP contribution in [0.1, 0.15) is 60.8 Å². The zero-order valence-electron chi connectivity index (χ0n) is 27.2. The van der Waals surface area contributed by atoms with E-state index in [1.54, 1.807) is 23.0 Å². The number of imidazole rings is 1. The number of ether oxygens (including phenoxy) is 2. The number of carbonyl (C=O) groups excluding carboxylic acids is 2. The van der Waals surface area contributed by atoms with Gasteiger partial charge in [0.25, 0.3) is 5.88 Å². The van der Waals surface area contributed by atoms with Crippen molar-refractivity contribution < 1.29 is 23.5 Å². The number of nitrogens with zero attached hydrogens (tertiary/aromatic N) is 7. The Morgan fingerprint density at radius 3 is 2.56 bits per heavy atom. The molecule has 3 aromatic rings. The van der Waals surface area contributed by atoms with Gasteiger partial charge < -0.3 is 34.9 Å². The molecule has 0 bridgehead atoms. The van der Waals surface area contributed by atoms with Crippen molar-refractivity contribution in [1.82, 2.24) is 39.9 Å². The molecule has 45 heavy (non-hydrogen) atoms. The lowest BCUT2D eigenvalue weighted by Crippen LogP contribution is -2.40. The third kappa shape index (κ3) is 8.60. The van der Waals surface area contributed by atoms with Gasteiger partial charge in [0.2, 0.25) is 11.9 Å². The SMILES string of the molecule is C=CC(=O)N[C@@H]1CN(c2nc(Nc3cn(CCCCCNC(=O)OC(C)(C)C)nc3OC)c3ncn(C(C)(C)C)c3n2)C[C@H]1F. The fraction of sp³-hybridized carbons (Fsp3) is 0.600. The van der Waals surface area contributed by atoms with Crippen LogP contribution < -0.4 is 25.6 Å². The number of aromatic nitrogens is 6. The zero-order valence-corrected chi connectivity index (χ0v) is 27.2. The van der Waals surface area contributed by atoms with Crippen molar-refractivity contribution in [2.24, 2.45) is 0 Å². The van der Waals surface area contributed by atoms with E-state index in [-0.39, 0.29) is 18.6 Å². The summed E-state index contributed by atoms with van der Waals surface area (Å²) in [6.45, 7) is 16.4. The van der Waals surface area contributed by atoms with Crippen molar-refractivity contribution in [3.05, 3.63) is 25.2 Å². The molecule has 1 aliphatic rings. The summed E-state index contributed by atoms with van der Waals surface area (Å²) in [6.07, 6.45) is 5.46. The van der Waals surface area contributed by atoms with Gasteiger partial charge in [0.1, 0.15) is 17.5 Å². The Hall–Kier alpha value is -4.43. The Kier molecular flexibility index (Phi) is 10.2. The summed E-state index contributed by atoms with van der Waals surface area (Å²) in [6, 6.07) is -0.717. The van der Waals surface area contributed by atoms with Crippen molar-refractivity contribution >= 4 is 40.6 Å². The summed E-state index contributed by atoms with van der Waals surface area (Å²) in [5.41, 5.74) is 0.835. The maximum absolute atomic E-state index is 14.9. The number of amides is 2. The predicted octanol–water partition coefficient (Wildman–Crippen LogP) is 4.05. The van der Waals surface area contributed by atoms with Crippen LogP contribution in [0.15, 0.2) is 25.2 Å². The maximum Gasteiger partial charge on any atom is 0.407 e. The Labute approximate surface area is 262 Å². The van der Waals surface area contributed by atoms with E-state index < -0.39 is 29.8 Å². The summed E-state index contributed by atoms with van der Waals surface area (Å²) in [5, 5.41) is 13.3. The van der Waals surface area contributed by atoms with Crippen LogP contribution in [0.2, 0.25) is 0 Å². The first kappa shape index (κ1) is 33.5. The molecule has 2 amide bonds. The number of alkyl carbamates (subject to hydrolysis) is 1. The van der Waals surface area contributed by atoms with Crippen LogP contribution in [-0.2, 0) is 21.6 Å². The second-order valence-corrected chi connectivity index (χ2v) is 13.0. The van der Waals surface area contributed by atoms with Gasteiger partial charge in [-0.1, -0.05) is 6.58 Å². The van der Waals surface area contributed by atoms with Crippen molar-refractivity contribution in [2.75, 3.05) is 37.0 Å². The second kappa shape index (κ2) is 13.7. The van der Waals surface area contributed by atoms with Gasteiger partial charge in [0, 0.05) is 25.2 Å². The number of nitrogens with one attached hydrogen (secondary N) is 3. The molecule has 0 spiro atoms. The molecule has 1 saturated heterocycles. The normalized spacial score (nSPS) is 16.9. The molecular formula is C30H45FN10O4. The van der Waals surface area contributed by atoms with Gasteiger partial charge >= 0.3 is 6.09 Å². The van der Waals surface area contributed by atoms with Gasteiger partial charge in [-0.3, -0.25) is 9.48 Å². The first-order valence-electron chi connectivity index (χ1n) is 15.1. The zero-order chi connectivity index (χ0) is 32.9. The minimum atomic E-state index is -1.30. The molecule has 4 heterocycles. The highest BCUT2D eigenvalue weighted by atomic mass is 19.1. The third-order valence-corrected chi connectivity index (χ3v) is 7.06. The van der Waals surface area contributed by atoms with Crippen LogP contribution in [0, 0.1) is 0 Å². The van der Waals surface area contributed by atoms with Crippen molar-refractivity contribution in [3.8, 4) is 5.88 Å². The van der Waals surface area contributed by atoms with Crippen molar-refractivity contribution in [2.45, 2.75) is 90.7 Å². The fourth-order valence-electron chi connectivity index (χ4n) is 4.88. The highest BCUT2D eigenvalue weighted by Gasteiger charge is 2.36. The smallest absolute Gasteiger partial charge is 0.407 e. The molecule has 0 saturated carbocycles. The summed E-state index contributed by atoms with van der Waals surface area (Å²) in [4.78, 5) is 39.5. The van der Waals surface area contributed by atoms with E-state index in [4.69, 9.17) is 19.4 Å². The van der Waals surface area contributed by atoms with Gasteiger partial charge in [-0.15, -0.1) is 5.10 Å². The molecule has 2 atom stereocenters. The molecule has 0 unspecified atom stereocenters. The van der Waals surface area contributed by atoms with Crippen LogP contribution in [-0.4, -0.2) is 85.9 Å². The molecule has 246 valence electrons. The number of rotatable bonds is 12. The number of halogens is 1. The number of methoxy groups -OCH3 is 1. The molecule has 14 nitrogen and oxygen atoms in total. The number of alkyl halides is 1. The van der Waals surface area contributed by atoms with E-state index in [1.165, 1.54) is 0 Å². The van der Waals surface area contributed by atoms with Crippen LogP contribution in [0.5, 0.6) is 5.88 Å². The highest BCUT2D eigenvalue weighted by molar-refractivity contribution is 5.88. The number of anilines is 3. The summed E-state index contributed by atoms with van der Waals surface area (Å²) < 4.78 is 29.5. The van der Waals surface area contributed by atoms with Crippen molar-refractivity contribution in [3.63, 3.8) is 0 Å². The number of hydrogen-bond donors (Lipinski definition) is 3. The Bertz CT molecular complexity index is 1510. The van der Waals surface area contributed by atoms with E-state index >= 15 is 0 Å². The van der Waals surface area contributed by atoms with Crippen LogP contribution in [0.25, 0.3) is 11.2 Å². The van der Waals surface area contributed by atoms with Crippen molar-refractivity contribution in [1.29, 1.82) is 0 Å². The lowest BCUT2D eigenvalue weighted by atomic mass is 10.1. The lowest BCUT2D eigenvalue weighted by Gasteiger charge is -2.22. The molecule has 0 aliphatic carbocycles. The molecule has 1 aliphatic heterocycles. The molecule has 0 radical (unpaired) electrons. The molecule has 3 N–H and O–H groups in total. The number of fused-ring (bicyclic) bond motifs is 1. The van der Waals surface area contributed by atoms with Gasteiger partial charge in [-0.2, -0.15) is 9.97 Å². The average molecular weight is 629 g/mol. The molecule has 0 aromatic carbocycles. The summed E-state index contributed by atoms with van der Waals surface area (Å²) in [7, 11) is 1.54. The third-order valence-electron chi connectivity index (χ3n) is 7.06. The van der Waals surface area contributed by atoms with Crippen LogP contribution in [0.3, 0.4) is 0 Å². The van der Waals surface area contributed by atoms with Gasteiger partial charge in [-0.25, -0.2) is 14.2 Å². The van der Waals surface area contributed by atoms with Crippen LogP contribution in [0.4, 0.5) is 26.6 Å². The molecule has 4 rings (SSSR count). The minimum Gasteiger partial charge on any atom is -0.478 e. The Morgan fingerprint density at radius 2 is 1.89 bits per heavy atom. The molecule has 3 aromatic heterocycles. The van der Waals surface area contributed by atoms with Gasteiger partial charge in [-0.05, 0) is 66.9 Å². The summed E-state index contributed by atoms with van der Waals surface area (Å²) in [5.74, 6) is 0.663. The number of unbranched alkanes of at least 4 members (excludes halogenated alkanes) is 2. The average Bonchev–Trinajstić information content (AvgIpc) is 3.66. The highest BCUT2D eigenvalue weighted by Crippen LogP contribution is 2.32. The maximum atomic E-state index is 14.9. The lowest BCUT2D eigenvalue weighted by molar-refractivity contribution is -0.117. The van der Waals surface area contributed by atoms with Gasteiger partial charge in [0.05, 0.1) is 32.2 Å². The number of hydrogen-bond acceptors (Lipinski definition) is 10. The predicted molar refractivity (Wildman–Crippen MR) is 170 cm³/mol. The fourth-order valence-corrected chi connectivity index (χ4v) is 4.88. The van der Waals surface area contributed by atoms with E-state index in [9.17, 15) is 14.0 Å². The quantitative estimate of drug-likeness (QED) is 0.198. The molecule has 15 heteroatoms. The largest absolute Gasteiger partial charge is 0.478 e. The molecule has 1 fully saturated rings. The second-order valence-electron chi connectivity index (χ2n) is 13.0. The molecular weight excluding hydrogens is 583 g/mol. The van der Waals surface area contributed by atoms with Gasteiger partial charge in [0.15, 0.2) is 17.0 Å². The Balaban J connectivity index is 1.49. The van der Waals surface area contributed by atoms with Crippen LogP contribution >= 0.6 is 0 Å². The number of aryl methyl sites for hydroxylation is 1. The first-order valence-corrected chi connectivity index (χ1v) is 15.1. The summed E-state index contributed by atoms with van der Waals surface area (Å²) >= 11 is 0. The van der Waals surface area contributed by atoms with E-state index in [1.807, 2.05) is 52.3 Å². The first-order chi connectivity index (χ1) is 21.2. The van der Waals surface area contributed by atoms with E-state index in [2.05, 4.69) is 32.6 Å². The standard InChI is InChI=1S/C30H45FN10O4/c1-9-22(42)34-20-16-39(15-19(20)31)27-36-24(23-25(37-27)41(18-33-23)29(2,3)4)35-21-17-40(38-26(21)44-8)14-12-10-11-13-32-28(43)45-30(5,6)7/h9,17-20H,1,10-16H2,2-8H3,(H,32,43)(H,34,42)(H,35,36,37)/t19-,20-/m1/s1. The Morgan fingerprint density at radius 1 is 1.13 bits per heavy atom.